The number of nitrogens with one attached hydrogen (secondary N) is 2. The van der Waals surface area contributed by atoms with Gasteiger partial charge in [-0.2, -0.15) is 0 Å². The van der Waals surface area contributed by atoms with Crippen molar-refractivity contribution in [1.82, 2.24) is 10.3 Å². The van der Waals surface area contributed by atoms with E-state index in [-0.39, 0.29) is 15.9 Å². The van der Waals surface area contributed by atoms with Crippen LogP contribution in [0.15, 0.2) is 53.4 Å². The van der Waals surface area contributed by atoms with Crippen molar-refractivity contribution < 1.29 is 23.1 Å². The number of hydrogen-bond acceptors (Lipinski definition) is 4. The van der Waals surface area contributed by atoms with Gasteiger partial charge >= 0.3 is 5.97 Å². The highest BCUT2D eigenvalue weighted by atomic mass is 32.2. The molecule has 3 N–H and O–H groups in total. The quantitative estimate of drug-likeness (QED) is 0.693. The minimum Gasteiger partial charge on any atom is -0.478 e. The first kappa shape index (κ1) is 19.6. The number of hydrogen-bond donors (Lipinski definition) is 3. The molecule has 2 aromatic carbocycles. The zero-order chi connectivity index (χ0) is 19.5. The smallest absolute Gasteiger partial charge is 0.335 e. The van der Waals surface area contributed by atoms with Gasteiger partial charge in [0.25, 0.3) is 15.9 Å². The Bertz CT molecular complexity index is 929. The number of benzene rings is 2. The maximum Gasteiger partial charge on any atom is 0.335 e. The van der Waals surface area contributed by atoms with Crippen molar-refractivity contribution in [3.8, 4) is 0 Å². The highest BCUT2D eigenvalue weighted by molar-refractivity contribution is 7.89. The molecule has 0 fully saturated rings. The fraction of sp³-hybridized carbons (Fsp3) is 0.222. The van der Waals surface area contributed by atoms with E-state index in [1.807, 2.05) is 25.6 Å². The Hall–Kier alpha value is -2.71. The molecule has 0 unspecified atom stereocenters. The molecular formula is C18H20N2O5S. The van der Waals surface area contributed by atoms with Crippen LogP contribution < -0.4 is 10.3 Å². The van der Waals surface area contributed by atoms with Gasteiger partial charge in [0, 0.05) is 5.56 Å². The number of carboxylic acids is 1. The van der Waals surface area contributed by atoms with Crippen molar-refractivity contribution in [1.29, 1.82) is 0 Å². The first-order chi connectivity index (χ1) is 12.0. The highest BCUT2D eigenvalue weighted by Crippen LogP contribution is 2.22. The zero-order valence-electron chi connectivity index (χ0n) is 14.6. The highest BCUT2D eigenvalue weighted by Gasteiger charge is 2.18. The summed E-state index contributed by atoms with van der Waals surface area (Å²) in [5.74, 6) is -1.87. The second-order valence-corrected chi connectivity index (χ2v) is 8.40. The lowest BCUT2D eigenvalue weighted by Gasteiger charge is -2.19. The summed E-state index contributed by atoms with van der Waals surface area (Å²) in [6.07, 6.45) is 0. The lowest BCUT2D eigenvalue weighted by Crippen LogP contribution is -2.41. The van der Waals surface area contributed by atoms with E-state index in [4.69, 9.17) is 5.11 Å². The second-order valence-electron chi connectivity index (χ2n) is 6.72. The average Bonchev–Trinajstić information content (AvgIpc) is 2.59. The Morgan fingerprint density at radius 3 is 2.12 bits per heavy atom. The minimum atomic E-state index is -4.10. The monoisotopic (exact) mass is 376 g/mol. The van der Waals surface area contributed by atoms with Crippen LogP contribution in [0, 0.1) is 0 Å². The van der Waals surface area contributed by atoms with Crippen molar-refractivity contribution in [2.75, 3.05) is 0 Å². The number of amides is 1. The van der Waals surface area contributed by atoms with E-state index in [9.17, 15) is 18.0 Å². The van der Waals surface area contributed by atoms with E-state index in [1.54, 1.807) is 24.3 Å². The molecule has 0 saturated heterocycles. The SMILES string of the molecule is CC(C)(C)c1ccc(C(=O)NNS(=O)(=O)c2cccc(C(=O)O)c2)cc1. The Kier molecular flexibility index (Phi) is 5.48. The van der Waals surface area contributed by atoms with E-state index in [0.29, 0.717) is 5.56 Å². The van der Waals surface area contributed by atoms with Gasteiger partial charge in [-0.1, -0.05) is 39.0 Å². The fourth-order valence-electron chi connectivity index (χ4n) is 2.16. The van der Waals surface area contributed by atoms with Gasteiger partial charge in [-0.15, -0.1) is 4.83 Å². The number of carbonyl (C=O) groups excluding carboxylic acids is 1. The standard InChI is InChI=1S/C18H20N2O5S/c1-18(2,3)14-9-7-12(8-10-14)16(21)19-20-26(24,25)15-6-4-5-13(11-15)17(22)23/h4-11,20H,1-3H3,(H,19,21)(H,22,23). The van der Waals surface area contributed by atoms with Crippen LogP contribution in [0.1, 0.15) is 47.1 Å². The number of aromatic carboxylic acids is 1. The normalized spacial score (nSPS) is 11.8. The first-order valence-corrected chi connectivity index (χ1v) is 9.25. The summed E-state index contributed by atoms with van der Waals surface area (Å²) in [7, 11) is -4.10. The number of rotatable bonds is 5. The number of carbonyl (C=O) groups is 2. The molecule has 8 heteroatoms. The molecule has 0 bridgehead atoms. The molecule has 0 atom stereocenters. The van der Waals surface area contributed by atoms with Gasteiger partial charge in [-0.25, -0.2) is 13.2 Å². The average molecular weight is 376 g/mol. The van der Waals surface area contributed by atoms with Crippen LogP contribution in [0.25, 0.3) is 0 Å². The van der Waals surface area contributed by atoms with Crippen LogP contribution in [-0.4, -0.2) is 25.4 Å². The Balaban J connectivity index is 2.11. The van der Waals surface area contributed by atoms with Crippen LogP contribution in [0.2, 0.25) is 0 Å². The molecule has 0 aliphatic rings. The summed E-state index contributed by atoms with van der Waals surface area (Å²) in [4.78, 5) is 24.8. The van der Waals surface area contributed by atoms with E-state index >= 15 is 0 Å². The summed E-state index contributed by atoms with van der Waals surface area (Å²) in [5.41, 5.74) is 3.22. The van der Waals surface area contributed by atoms with E-state index in [2.05, 4.69) is 5.43 Å². The van der Waals surface area contributed by atoms with Gasteiger partial charge in [0.05, 0.1) is 10.5 Å². The Labute approximate surface area is 152 Å². The summed E-state index contributed by atoms with van der Waals surface area (Å²) >= 11 is 0. The van der Waals surface area contributed by atoms with Crippen LogP contribution in [0.4, 0.5) is 0 Å². The summed E-state index contributed by atoms with van der Waals surface area (Å²) in [5, 5.41) is 8.94. The topological polar surface area (TPSA) is 113 Å². The van der Waals surface area contributed by atoms with Gasteiger partial charge in [0.2, 0.25) is 0 Å². The lowest BCUT2D eigenvalue weighted by molar-refractivity contribution is 0.0696. The Morgan fingerprint density at radius 2 is 1.58 bits per heavy atom. The summed E-state index contributed by atoms with van der Waals surface area (Å²) < 4.78 is 24.4. The van der Waals surface area contributed by atoms with Crippen molar-refractivity contribution in [2.24, 2.45) is 0 Å². The van der Waals surface area contributed by atoms with Crippen LogP contribution in [-0.2, 0) is 15.4 Å². The van der Waals surface area contributed by atoms with E-state index < -0.39 is 21.9 Å². The van der Waals surface area contributed by atoms with Crippen molar-refractivity contribution in [2.45, 2.75) is 31.1 Å². The lowest BCUT2D eigenvalue weighted by atomic mass is 9.87. The molecule has 2 rings (SSSR count). The maximum atomic E-state index is 12.2. The van der Waals surface area contributed by atoms with Gasteiger partial charge in [0.1, 0.15) is 0 Å². The van der Waals surface area contributed by atoms with E-state index in [1.165, 1.54) is 18.2 Å². The Morgan fingerprint density at radius 1 is 0.962 bits per heavy atom. The molecule has 7 nitrogen and oxygen atoms in total. The molecule has 0 radical (unpaired) electrons. The predicted molar refractivity (Wildman–Crippen MR) is 96.3 cm³/mol. The molecule has 2 aromatic rings. The maximum absolute atomic E-state index is 12.2. The second kappa shape index (κ2) is 7.27. The van der Waals surface area contributed by atoms with Gasteiger partial charge in [-0.3, -0.25) is 10.2 Å². The van der Waals surface area contributed by atoms with Crippen LogP contribution in [0.3, 0.4) is 0 Å². The third-order valence-corrected chi connectivity index (χ3v) is 4.95. The predicted octanol–water partition coefficient (Wildman–Crippen LogP) is 2.31. The molecule has 0 aliphatic heterocycles. The van der Waals surface area contributed by atoms with Gasteiger partial charge < -0.3 is 5.11 Å². The van der Waals surface area contributed by atoms with Crippen LogP contribution >= 0.6 is 0 Å². The van der Waals surface area contributed by atoms with Crippen molar-refractivity contribution in [3.05, 3.63) is 65.2 Å². The molecule has 0 aliphatic carbocycles. The largest absolute Gasteiger partial charge is 0.478 e. The third-order valence-electron chi connectivity index (χ3n) is 3.70. The molecule has 0 spiro atoms. The number of carboxylic acid groups (broad SMARTS) is 1. The first-order valence-electron chi connectivity index (χ1n) is 7.77. The summed E-state index contributed by atoms with van der Waals surface area (Å²) in [6, 6.07) is 11.7. The van der Waals surface area contributed by atoms with E-state index in [0.717, 1.165) is 11.6 Å². The molecule has 138 valence electrons. The van der Waals surface area contributed by atoms with Gasteiger partial charge in [-0.05, 0) is 41.3 Å². The van der Waals surface area contributed by atoms with Crippen molar-refractivity contribution in [3.63, 3.8) is 0 Å². The van der Waals surface area contributed by atoms with Crippen LogP contribution in [0.5, 0.6) is 0 Å². The third kappa shape index (κ3) is 4.68. The van der Waals surface area contributed by atoms with Gasteiger partial charge in [0.15, 0.2) is 0 Å². The molecular weight excluding hydrogens is 356 g/mol. The zero-order valence-corrected chi connectivity index (χ0v) is 15.4. The molecule has 0 heterocycles. The fourth-order valence-corrected chi connectivity index (χ4v) is 3.05. The number of hydrazine groups is 1. The number of sulfonamides is 1. The molecule has 1 amide bonds. The summed E-state index contributed by atoms with van der Waals surface area (Å²) in [6.45, 7) is 6.13. The molecule has 0 aromatic heterocycles. The minimum absolute atomic E-state index is 0.0637. The molecule has 0 saturated carbocycles. The molecule has 26 heavy (non-hydrogen) atoms. The van der Waals surface area contributed by atoms with Crippen molar-refractivity contribution >= 4 is 21.9 Å².